The van der Waals surface area contributed by atoms with Crippen molar-refractivity contribution in [3.05, 3.63) is 72.8 Å². The van der Waals surface area contributed by atoms with Gasteiger partial charge in [0.05, 0.1) is 19.6 Å². The molecule has 7 aromatic rings. The van der Waals surface area contributed by atoms with E-state index in [1.807, 2.05) is 0 Å². The fraction of sp³-hybridized carbons (Fsp3) is 0. The Morgan fingerprint density at radius 1 is 0.400 bits per heavy atom. The van der Waals surface area contributed by atoms with Gasteiger partial charge in [0.25, 0.3) is 0 Å². The summed E-state index contributed by atoms with van der Waals surface area (Å²) < 4.78 is 149. The van der Waals surface area contributed by atoms with Crippen molar-refractivity contribution in [3.8, 4) is 45.6 Å². The summed E-state index contributed by atoms with van der Waals surface area (Å²) in [7, 11) is -20.7. The van der Waals surface area contributed by atoms with E-state index in [-0.39, 0.29) is 196 Å². The fourth-order valence-electron chi connectivity index (χ4n) is 6.60. The van der Waals surface area contributed by atoms with Crippen LogP contribution in [0.5, 0.6) is 0 Å². The number of H-pyrrole nitrogens is 2. The molecule has 0 radical (unpaired) electrons. The fourth-order valence-corrected chi connectivity index (χ4v) is 9.19. The molecule has 0 amide bonds. The van der Waals surface area contributed by atoms with E-state index in [4.69, 9.17) is 0 Å². The van der Waals surface area contributed by atoms with Crippen LogP contribution in [0.3, 0.4) is 0 Å². The smallest absolute Gasteiger partial charge is 0.744 e. The molecule has 2 aliphatic rings. The second-order valence-corrected chi connectivity index (χ2v) is 17.6. The van der Waals surface area contributed by atoms with Crippen LogP contribution in [0.1, 0.15) is 0 Å². The van der Waals surface area contributed by atoms with E-state index in [0.29, 0.717) is 0 Å². The molecule has 0 fully saturated rings. The number of aromatic amines is 2. The van der Waals surface area contributed by atoms with Gasteiger partial charge >= 0.3 is 118 Å². The monoisotopic (exact) mass is 922 g/mol. The van der Waals surface area contributed by atoms with Gasteiger partial charge in [-0.25, -0.2) is 63.6 Å². The van der Waals surface area contributed by atoms with Crippen molar-refractivity contribution in [2.45, 2.75) is 19.6 Å². The van der Waals surface area contributed by atoms with Crippen molar-refractivity contribution in [3.63, 3.8) is 0 Å². The van der Waals surface area contributed by atoms with Crippen LogP contribution in [0.25, 0.3) is 89.7 Å². The minimum Gasteiger partial charge on any atom is -0.744 e. The van der Waals surface area contributed by atoms with Crippen LogP contribution in [0.2, 0.25) is 0 Å². The molecule has 8 bridgehead atoms. The molecule has 4 aromatic carbocycles. The van der Waals surface area contributed by atoms with Crippen LogP contribution < -0.4 is 118 Å². The summed E-state index contributed by atoms with van der Waals surface area (Å²) in [5.74, 6) is -1.47. The normalized spacial score (nSPS) is 12.3. The third kappa shape index (κ3) is 8.48. The number of nitrogens with zero attached hydrogens (tertiary/aromatic N) is 6. The summed E-state index contributed by atoms with van der Waals surface area (Å²) in [5.41, 5.74) is -1.76. The van der Waals surface area contributed by atoms with Crippen LogP contribution in [-0.4, -0.2) is 91.8 Å². The maximum atomic E-state index is 12.5. The molecule has 9 rings (SSSR count). The molecular weight excluding hydrogens is 909 g/mol. The van der Waals surface area contributed by atoms with Crippen molar-refractivity contribution < 1.29 is 170 Å². The molecule has 5 heterocycles. The van der Waals surface area contributed by atoms with E-state index in [0.717, 1.165) is 30.3 Å². The van der Waals surface area contributed by atoms with Gasteiger partial charge in [0.1, 0.15) is 63.1 Å². The van der Waals surface area contributed by atoms with Crippen molar-refractivity contribution in [1.82, 2.24) is 39.9 Å². The Labute approximate surface area is 426 Å². The van der Waals surface area contributed by atoms with E-state index in [2.05, 4.69) is 39.9 Å². The summed E-state index contributed by atoms with van der Waals surface area (Å²) >= 11 is 0. The number of aromatic nitrogens is 8. The van der Waals surface area contributed by atoms with Crippen molar-refractivity contribution >= 4 is 84.6 Å². The Morgan fingerprint density at radius 3 is 1.32 bits per heavy atom. The molecule has 0 spiro atoms. The first-order chi connectivity index (χ1) is 26.3. The maximum Gasteiger partial charge on any atom is 1.00 e. The first kappa shape index (κ1) is 48.9. The molecule has 2 N–H and O–H groups in total. The maximum absolute atomic E-state index is 12.5. The van der Waals surface area contributed by atoms with Gasteiger partial charge in [0.15, 0.2) is 23.3 Å². The molecule has 3 aromatic heterocycles. The first-order valence-electron chi connectivity index (χ1n) is 15.5. The number of hydrogen-bond acceptors (Lipinski definition) is 18. The van der Waals surface area contributed by atoms with Crippen LogP contribution in [-0.2, 0) is 40.5 Å². The van der Waals surface area contributed by atoms with Gasteiger partial charge in [-0.1, -0.05) is 36.4 Å². The molecule has 0 unspecified atom stereocenters. The van der Waals surface area contributed by atoms with E-state index < -0.39 is 71.7 Å². The summed E-state index contributed by atoms with van der Waals surface area (Å²) in [6, 6.07) is 13.9. The number of hydrogen-bond donors (Lipinski definition) is 2. The van der Waals surface area contributed by atoms with Gasteiger partial charge in [-0.2, -0.15) is 0 Å². The molecular formula is C32H14N8Na4O12S4. The minimum absolute atomic E-state index is 0. The zero-order valence-electron chi connectivity index (χ0n) is 31.1. The Morgan fingerprint density at radius 2 is 0.817 bits per heavy atom. The number of nitrogens with one attached hydrogen (secondary N) is 2. The first-order valence-corrected chi connectivity index (χ1v) is 21.1. The van der Waals surface area contributed by atoms with Gasteiger partial charge in [-0.05, 0) is 36.4 Å². The SMILES string of the molecule is O=S(=O)([O-])c1ccc2c3nc4nc(nc5[nH]c(nc6nc(nc([nH]3)c2c1)-c1cccc(S(=O)(=O)[O-])c1-6)c1cccc(S(=O)(=O)[O-])c51)-c1cccc(S(=O)(=O)[O-])c1-4.[Na+].[Na+].[Na+].[Na+]. The molecule has 282 valence electrons. The third-order valence-corrected chi connectivity index (χ3v) is 12.3. The van der Waals surface area contributed by atoms with Gasteiger partial charge < -0.3 is 28.2 Å². The number of rotatable bonds is 4. The van der Waals surface area contributed by atoms with Crippen molar-refractivity contribution in [1.29, 1.82) is 0 Å². The quantitative estimate of drug-likeness (QED) is 0.122. The molecule has 60 heavy (non-hydrogen) atoms. The Kier molecular flexibility index (Phi) is 13.9. The van der Waals surface area contributed by atoms with Crippen LogP contribution >= 0.6 is 0 Å². The zero-order chi connectivity index (χ0) is 39.7. The second kappa shape index (κ2) is 17.1. The average molecular weight is 923 g/mol. The largest absolute Gasteiger partial charge is 1.00 e. The number of fused-ring (bicyclic) bond motifs is 20. The van der Waals surface area contributed by atoms with E-state index in [1.165, 1.54) is 42.5 Å². The molecule has 0 saturated carbocycles. The summed E-state index contributed by atoms with van der Waals surface area (Å²) in [6.07, 6.45) is 0. The van der Waals surface area contributed by atoms with Crippen LogP contribution in [0.4, 0.5) is 0 Å². The molecule has 0 atom stereocenters. The van der Waals surface area contributed by atoms with E-state index >= 15 is 0 Å². The molecule has 0 aliphatic carbocycles. The van der Waals surface area contributed by atoms with Gasteiger partial charge in [0, 0.05) is 43.8 Å². The topological polar surface area (TPSA) is 338 Å². The Balaban J connectivity index is 0.00000171. The predicted octanol–water partition coefficient (Wildman–Crippen LogP) is -9.50. The second-order valence-electron chi connectivity index (χ2n) is 12.2. The standard InChI is InChI=1S/C32H18N8O12S4.4Na/c41-53(42,43)13-10-11-14-18(12-13)29-33-25(14)35-30-23-16(5-2-8-20(23)55(47,48)49)27(37-30)39-32-24-17(6-3-9-21(24)56(50,51)52)28(40-32)38-31-22-15(26(34-29)36-31)4-1-7-19(22)54(44,45)46;;;;/h1-12H,(H,41,42,43)(H,44,45,46)(H,47,48,49)(H,50,51,52)(H2,33,34,35,36,37,38,39,40);;;;/q;4*+1/p-4. The molecule has 20 nitrogen and oxygen atoms in total. The Hall–Kier alpha value is -2.12. The average Bonchev–Trinajstić information content (AvgIpc) is 3.85. The zero-order valence-corrected chi connectivity index (χ0v) is 42.4. The Bertz CT molecular complexity index is 3590. The molecule has 2 aliphatic heterocycles. The van der Waals surface area contributed by atoms with Crippen molar-refractivity contribution in [2.24, 2.45) is 0 Å². The van der Waals surface area contributed by atoms with E-state index in [9.17, 15) is 51.9 Å². The minimum atomic E-state index is -5.23. The number of benzene rings is 4. The van der Waals surface area contributed by atoms with Crippen LogP contribution in [0.15, 0.2) is 92.4 Å². The van der Waals surface area contributed by atoms with Crippen LogP contribution in [0, 0.1) is 0 Å². The van der Waals surface area contributed by atoms with Gasteiger partial charge in [-0.15, -0.1) is 0 Å². The summed E-state index contributed by atoms with van der Waals surface area (Å²) in [6.45, 7) is 0. The van der Waals surface area contributed by atoms with Gasteiger partial charge in [-0.3, -0.25) is 0 Å². The predicted molar refractivity (Wildman–Crippen MR) is 188 cm³/mol. The summed E-state index contributed by atoms with van der Waals surface area (Å²) in [4.78, 5) is 29.4. The van der Waals surface area contributed by atoms with Crippen molar-refractivity contribution in [2.75, 3.05) is 0 Å². The molecule has 28 heteroatoms. The third-order valence-electron chi connectivity index (χ3n) is 8.87. The van der Waals surface area contributed by atoms with E-state index in [1.54, 1.807) is 0 Å². The van der Waals surface area contributed by atoms with Gasteiger partial charge in [0.2, 0.25) is 0 Å². The molecule has 0 saturated heterocycles. The summed E-state index contributed by atoms with van der Waals surface area (Å²) in [5, 5.41) is -0.327.